The number of nitro benzene ring substituents is 1. The summed E-state index contributed by atoms with van der Waals surface area (Å²) in [5.41, 5.74) is 1.87. The molecular formula is C17H16N2O4. The number of para-hydroxylation sites is 3. The van der Waals surface area contributed by atoms with Crippen LogP contribution in [0.15, 0.2) is 48.5 Å². The molecule has 1 amide bonds. The van der Waals surface area contributed by atoms with Gasteiger partial charge in [0.2, 0.25) is 0 Å². The van der Waals surface area contributed by atoms with Gasteiger partial charge < -0.3 is 9.64 Å². The molecule has 3 rings (SSSR count). The van der Waals surface area contributed by atoms with E-state index in [0.29, 0.717) is 0 Å². The van der Waals surface area contributed by atoms with Gasteiger partial charge in [-0.25, -0.2) is 0 Å². The lowest BCUT2D eigenvalue weighted by Crippen LogP contribution is -2.39. The molecular weight excluding hydrogens is 296 g/mol. The van der Waals surface area contributed by atoms with E-state index in [-0.39, 0.29) is 30.0 Å². The van der Waals surface area contributed by atoms with E-state index in [1.807, 2.05) is 31.2 Å². The molecule has 118 valence electrons. The zero-order valence-corrected chi connectivity index (χ0v) is 12.6. The summed E-state index contributed by atoms with van der Waals surface area (Å²) in [6.45, 7) is 1.74. The van der Waals surface area contributed by atoms with Crippen LogP contribution < -0.4 is 9.64 Å². The van der Waals surface area contributed by atoms with Crippen molar-refractivity contribution in [2.75, 3.05) is 11.5 Å². The number of carbonyl (C=O) groups excluding carboxylic acids is 1. The first-order valence-electron chi connectivity index (χ1n) is 7.34. The first kappa shape index (κ1) is 15.0. The van der Waals surface area contributed by atoms with Crippen LogP contribution >= 0.6 is 0 Å². The van der Waals surface area contributed by atoms with Gasteiger partial charge >= 0.3 is 5.69 Å². The minimum Gasteiger partial charge on any atom is -0.477 e. The minimum absolute atomic E-state index is 0.0502. The predicted octanol–water partition coefficient (Wildman–Crippen LogP) is 2.95. The zero-order chi connectivity index (χ0) is 16.4. The fourth-order valence-electron chi connectivity index (χ4n) is 2.88. The van der Waals surface area contributed by atoms with E-state index in [0.717, 1.165) is 17.7 Å². The average Bonchev–Trinajstić information content (AvgIpc) is 2.88. The summed E-state index contributed by atoms with van der Waals surface area (Å²) in [6.07, 6.45) is 0.799. The standard InChI is InChI=1S/C17H16N2O4/c1-12-10-13-6-2-3-7-14(13)18(12)17(20)11-23-16-9-5-4-8-15(16)19(21)22/h2-9,12H,10-11H2,1H3/t12-/m0/s1. The number of benzene rings is 2. The Bertz CT molecular complexity index is 760. The van der Waals surface area contributed by atoms with E-state index in [1.165, 1.54) is 12.1 Å². The molecule has 6 heteroatoms. The molecule has 0 radical (unpaired) electrons. The van der Waals surface area contributed by atoms with Crippen molar-refractivity contribution in [2.24, 2.45) is 0 Å². The summed E-state index contributed by atoms with van der Waals surface area (Å²) in [7, 11) is 0. The third-order valence-corrected chi connectivity index (χ3v) is 3.89. The molecule has 0 fully saturated rings. The van der Waals surface area contributed by atoms with Crippen LogP contribution in [0.3, 0.4) is 0 Å². The van der Waals surface area contributed by atoms with Crippen molar-refractivity contribution in [2.45, 2.75) is 19.4 Å². The van der Waals surface area contributed by atoms with Gasteiger partial charge in [-0.3, -0.25) is 14.9 Å². The molecule has 6 nitrogen and oxygen atoms in total. The lowest BCUT2D eigenvalue weighted by atomic mass is 10.1. The van der Waals surface area contributed by atoms with E-state index in [4.69, 9.17) is 4.74 Å². The molecule has 2 aromatic carbocycles. The lowest BCUT2D eigenvalue weighted by Gasteiger charge is -2.22. The monoisotopic (exact) mass is 312 g/mol. The Hall–Kier alpha value is -2.89. The van der Waals surface area contributed by atoms with Gasteiger partial charge in [-0.2, -0.15) is 0 Å². The number of hydrogen-bond donors (Lipinski definition) is 0. The van der Waals surface area contributed by atoms with Crippen LogP contribution in [-0.4, -0.2) is 23.5 Å². The molecule has 1 aliphatic rings. The maximum absolute atomic E-state index is 12.5. The molecule has 23 heavy (non-hydrogen) atoms. The first-order valence-corrected chi connectivity index (χ1v) is 7.34. The van der Waals surface area contributed by atoms with Gasteiger partial charge in [0.1, 0.15) is 0 Å². The van der Waals surface area contributed by atoms with E-state index in [1.54, 1.807) is 17.0 Å². The van der Waals surface area contributed by atoms with E-state index in [9.17, 15) is 14.9 Å². The Labute approximate surface area is 133 Å². The molecule has 1 atom stereocenters. The molecule has 0 bridgehead atoms. The predicted molar refractivity (Wildman–Crippen MR) is 85.7 cm³/mol. The van der Waals surface area contributed by atoms with Gasteiger partial charge in [0, 0.05) is 17.8 Å². The van der Waals surface area contributed by atoms with E-state index < -0.39 is 4.92 Å². The van der Waals surface area contributed by atoms with Crippen molar-refractivity contribution in [3.05, 3.63) is 64.2 Å². The number of amides is 1. The lowest BCUT2D eigenvalue weighted by molar-refractivity contribution is -0.385. The Morgan fingerprint density at radius 2 is 1.96 bits per heavy atom. The molecule has 0 saturated carbocycles. The topological polar surface area (TPSA) is 72.7 Å². The van der Waals surface area contributed by atoms with Crippen molar-refractivity contribution in [3.63, 3.8) is 0 Å². The Balaban J connectivity index is 1.75. The van der Waals surface area contributed by atoms with Crippen molar-refractivity contribution in [1.29, 1.82) is 0 Å². The highest BCUT2D eigenvalue weighted by atomic mass is 16.6. The SMILES string of the molecule is C[C@H]1Cc2ccccc2N1C(=O)COc1ccccc1[N+](=O)[O-]. The molecule has 0 aliphatic carbocycles. The smallest absolute Gasteiger partial charge is 0.310 e. The molecule has 0 saturated heterocycles. The molecule has 0 spiro atoms. The highest BCUT2D eigenvalue weighted by Gasteiger charge is 2.31. The van der Waals surface area contributed by atoms with Crippen LogP contribution in [0, 0.1) is 10.1 Å². The number of fused-ring (bicyclic) bond motifs is 1. The van der Waals surface area contributed by atoms with Gasteiger partial charge in [0.05, 0.1) is 4.92 Å². The molecule has 0 N–H and O–H groups in total. The minimum atomic E-state index is -0.520. The maximum atomic E-state index is 12.5. The summed E-state index contributed by atoms with van der Waals surface area (Å²) < 4.78 is 5.40. The van der Waals surface area contributed by atoms with Gasteiger partial charge in [-0.15, -0.1) is 0 Å². The highest BCUT2D eigenvalue weighted by Crippen LogP contribution is 2.32. The molecule has 1 heterocycles. The maximum Gasteiger partial charge on any atom is 0.310 e. The van der Waals surface area contributed by atoms with Gasteiger partial charge in [-0.05, 0) is 31.0 Å². The van der Waals surface area contributed by atoms with E-state index >= 15 is 0 Å². The second-order valence-electron chi connectivity index (χ2n) is 5.46. The molecule has 0 unspecified atom stereocenters. The second kappa shape index (κ2) is 6.08. The molecule has 1 aliphatic heterocycles. The molecule has 0 aromatic heterocycles. The highest BCUT2D eigenvalue weighted by molar-refractivity contribution is 5.97. The fraction of sp³-hybridized carbons (Fsp3) is 0.235. The summed E-state index contributed by atoms with van der Waals surface area (Å²) in [5, 5.41) is 11.0. The van der Waals surface area contributed by atoms with Crippen molar-refractivity contribution < 1.29 is 14.5 Å². The fourth-order valence-corrected chi connectivity index (χ4v) is 2.88. The normalized spacial score (nSPS) is 16.0. The number of hydrogen-bond acceptors (Lipinski definition) is 4. The van der Waals surface area contributed by atoms with Crippen LogP contribution in [0.4, 0.5) is 11.4 Å². The Morgan fingerprint density at radius 1 is 1.26 bits per heavy atom. The van der Waals surface area contributed by atoms with Crippen molar-refractivity contribution in [3.8, 4) is 5.75 Å². The number of rotatable bonds is 4. The Kier molecular flexibility index (Phi) is 3.97. The summed E-state index contributed by atoms with van der Waals surface area (Å²) in [6, 6.07) is 13.8. The number of carbonyl (C=O) groups is 1. The van der Waals surface area contributed by atoms with Crippen LogP contribution in [0.2, 0.25) is 0 Å². The number of anilines is 1. The van der Waals surface area contributed by atoms with Crippen LogP contribution in [-0.2, 0) is 11.2 Å². The molecule has 2 aromatic rings. The summed E-state index contributed by atoms with van der Waals surface area (Å²) >= 11 is 0. The van der Waals surface area contributed by atoms with Gasteiger partial charge in [0.25, 0.3) is 5.91 Å². The second-order valence-corrected chi connectivity index (χ2v) is 5.46. The number of ether oxygens (including phenoxy) is 1. The van der Waals surface area contributed by atoms with Gasteiger partial charge in [-0.1, -0.05) is 30.3 Å². The number of nitrogens with zero attached hydrogens (tertiary/aromatic N) is 2. The zero-order valence-electron chi connectivity index (χ0n) is 12.6. The van der Waals surface area contributed by atoms with E-state index in [2.05, 4.69) is 0 Å². The van der Waals surface area contributed by atoms with Crippen LogP contribution in [0.1, 0.15) is 12.5 Å². The third-order valence-electron chi connectivity index (χ3n) is 3.89. The van der Waals surface area contributed by atoms with Crippen LogP contribution in [0.25, 0.3) is 0 Å². The summed E-state index contributed by atoms with van der Waals surface area (Å²) in [5.74, 6) is -0.105. The van der Waals surface area contributed by atoms with Crippen molar-refractivity contribution in [1.82, 2.24) is 0 Å². The largest absolute Gasteiger partial charge is 0.477 e. The summed E-state index contributed by atoms with van der Waals surface area (Å²) in [4.78, 5) is 24.7. The quantitative estimate of drug-likeness (QED) is 0.642. The van der Waals surface area contributed by atoms with Gasteiger partial charge in [0.15, 0.2) is 12.4 Å². The first-order chi connectivity index (χ1) is 11.1. The number of nitro groups is 1. The average molecular weight is 312 g/mol. The Morgan fingerprint density at radius 3 is 2.74 bits per heavy atom. The third kappa shape index (κ3) is 2.88. The van der Waals surface area contributed by atoms with Crippen LogP contribution in [0.5, 0.6) is 5.75 Å². The van der Waals surface area contributed by atoms with Crippen molar-refractivity contribution >= 4 is 17.3 Å².